The van der Waals surface area contributed by atoms with E-state index in [0.29, 0.717) is 5.69 Å². The molecule has 0 spiro atoms. The number of halogens is 1. The van der Waals surface area contributed by atoms with Crippen molar-refractivity contribution in [2.45, 2.75) is 5.88 Å². The van der Waals surface area contributed by atoms with Crippen LogP contribution in [0.5, 0.6) is 0 Å². The predicted octanol–water partition coefficient (Wildman–Crippen LogP) is 1.02. The number of nitro groups is 1. The number of pyridine rings is 1. The fourth-order valence-electron chi connectivity index (χ4n) is 0.728. The zero-order valence-electron chi connectivity index (χ0n) is 5.91. The topological polar surface area (TPSA) is 76.0 Å². The normalized spacial score (nSPS) is 9.75. The van der Waals surface area contributed by atoms with Crippen molar-refractivity contribution in [3.8, 4) is 0 Å². The Labute approximate surface area is 72.1 Å². The largest absolute Gasteiger partial charge is 0.333 e. The lowest BCUT2D eigenvalue weighted by atomic mass is 10.3. The van der Waals surface area contributed by atoms with Crippen LogP contribution < -0.4 is 5.56 Å². The quantitative estimate of drug-likeness (QED) is 0.428. The molecule has 1 aromatic rings. The van der Waals surface area contributed by atoms with Crippen LogP contribution in [-0.4, -0.2) is 9.91 Å². The van der Waals surface area contributed by atoms with E-state index >= 15 is 0 Å². The SMILES string of the molecule is O=c1[nH]c(CCl)ccc1[N+](=O)[O-]. The van der Waals surface area contributed by atoms with Crippen LogP contribution in [0, 0.1) is 10.1 Å². The molecule has 0 fully saturated rings. The summed E-state index contributed by atoms with van der Waals surface area (Å²) < 4.78 is 0. The second-order valence-corrected chi connectivity index (χ2v) is 2.36. The molecule has 64 valence electrons. The Kier molecular flexibility index (Phi) is 2.44. The summed E-state index contributed by atoms with van der Waals surface area (Å²) in [5.74, 6) is 0.132. The van der Waals surface area contributed by atoms with Crippen molar-refractivity contribution in [1.82, 2.24) is 4.98 Å². The van der Waals surface area contributed by atoms with Crippen LogP contribution in [-0.2, 0) is 5.88 Å². The summed E-state index contributed by atoms with van der Waals surface area (Å²) >= 11 is 5.39. The van der Waals surface area contributed by atoms with Crippen molar-refractivity contribution in [2.75, 3.05) is 0 Å². The van der Waals surface area contributed by atoms with E-state index in [1.165, 1.54) is 6.07 Å². The van der Waals surface area contributed by atoms with Gasteiger partial charge >= 0.3 is 11.2 Å². The van der Waals surface area contributed by atoms with E-state index in [1.807, 2.05) is 0 Å². The van der Waals surface area contributed by atoms with E-state index in [-0.39, 0.29) is 5.88 Å². The van der Waals surface area contributed by atoms with Gasteiger partial charge in [0, 0.05) is 11.8 Å². The second kappa shape index (κ2) is 3.36. The molecular weight excluding hydrogens is 184 g/mol. The molecule has 1 rings (SSSR count). The van der Waals surface area contributed by atoms with Gasteiger partial charge in [0.1, 0.15) is 0 Å². The Morgan fingerprint density at radius 1 is 1.58 bits per heavy atom. The number of H-pyrrole nitrogens is 1. The molecular formula is C6H5ClN2O3. The maximum atomic E-state index is 10.9. The molecule has 1 aromatic heterocycles. The van der Waals surface area contributed by atoms with Crippen LogP contribution in [0.4, 0.5) is 5.69 Å². The lowest BCUT2D eigenvalue weighted by molar-refractivity contribution is -0.386. The van der Waals surface area contributed by atoms with Crippen LogP contribution in [0.15, 0.2) is 16.9 Å². The van der Waals surface area contributed by atoms with Gasteiger partial charge in [0.15, 0.2) is 0 Å². The standard InChI is InChI=1S/C6H5ClN2O3/c7-3-4-1-2-5(9(11)12)6(10)8-4/h1-2H,3H2,(H,8,10). The van der Waals surface area contributed by atoms with E-state index in [4.69, 9.17) is 11.6 Å². The Morgan fingerprint density at radius 3 is 2.67 bits per heavy atom. The summed E-state index contributed by atoms with van der Waals surface area (Å²) in [6.07, 6.45) is 0. The molecule has 1 N–H and O–H groups in total. The number of hydrogen-bond acceptors (Lipinski definition) is 3. The average molecular weight is 189 g/mol. The average Bonchev–Trinajstić information content (AvgIpc) is 2.03. The third-order valence-corrected chi connectivity index (χ3v) is 1.58. The van der Waals surface area contributed by atoms with Crippen molar-refractivity contribution in [3.63, 3.8) is 0 Å². The van der Waals surface area contributed by atoms with Gasteiger partial charge in [-0.15, -0.1) is 11.6 Å². The van der Waals surface area contributed by atoms with Gasteiger partial charge in [-0.25, -0.2) is 0 Å². The van der Waals surface area contributed by atoms with Gasteiger partial charge in [-0.05, 0) is 6.07 Å². The molecule has 0 aliphatic rings. The Morgan fingerprint density at radius 2 is 2.25 bits per heavy atom. The van der Waals surface area contributed by atoms with Crippen molar-refractivity contribution in [2.24, 2.45) is 0 Å². The summed E-state index contributed by atoms with van der Waals surface area (Å²) in [6, 6.07) is 2.54. The summed E-state index contributed by atoms with van der Waals surface area (Å²) in [5, 5.41) is 10.2. The number of nitrogens with one attached hydrogen (secondary N) is 1. The highest BCUT2D eigenvalue weighted by atomic mass is 35.5. The zero-order valence-corrected chi connectivity index (χ0v) is 6.67. The highest BCUT2D eigenvalue weighted by molar-refractivity contribution is 6.16. The molecule has 6 heteroatoms. The molecule has 0 bridgehead atoms. The maximum absolute atomic E-state index is 10.9. The first-order valence-corrected chi connectivity index (χ1v) is 3.61. The van der Waals surface area contributed by atoms with Gasteiger partial charge in [0.2, 0.25) is 0 Å². The Balaban J connectivity index is 3.21. The number of rotatable bonds is 2. The first-order chi connectivity index (χ1) is 5.65. The summed E-state index contributed by atoms with van der Waals surface area (Å²) in [6.45, 7) is 0. The molecule has 5 nitrogen and oxygen atoms in total. The minimum Gasteiger partial charge on any atom is -0.319 e. The monoisotopic (exact) mass is 188 g/mol. The van der Waals surface area contributed by atoms with Crippen molar-refractivity contribution < 1.29 is 4.92 Å². The van der Waals surface area contributed by atoms with Crippen molar-refractivity contribution in [1.29, 1.82) is 0 Å². The number of alkyl halides is 1. The maximum Gasteiger partial charge on any atom is 0.333 e. The van der Waals surface area contributed by atoms with Crippen LogP contribution >= 0.6 is 11.6 Å². The molecule has 0 radical (unpaired) electrons. The predicted molar refractivity (Wildman–Crippen MR) is 43.3 cm³/mol. The molecule has 0 aliphatic carbocycles. The lowest BCUT2D eigenvalue weighted by Crippen LogP contribution is -2.12. The van der Waals surface area contributed by atoms with Crippen LogP contribution in [0.2, 0.25) is 0 Å². The van der Waals surface area contributed by atoms with E-state index in [0.717, 1.165) is 6.07 Å². The number of aromatic amines is 1. The number of aromatic nitrogens is 1. The number of hydrogen-bond donors (Lipinski definition) is 1. The van der Waals surface area contributed by atoms with Crippen LogP contribution in [0.3, 0.4) is 0 Å². The van der Waals surface area contributed by atoms with Gasteiger partial charge in [0.25, 0.3) is 0 Å². The molecule has 0 aliphatic heterocycles. The zero-order chi connectivity index (χ0) is 9.14. The second-order valence-electron chi connectivity index (χ2n) is 2.09. The fraction of sp³-hybridized carbons (Fsp3) is 0.167. The lowest BCUT2D eigenvalue weighted by Gasteiger charge is -1.93. The van der Waals surface area contributed by atoms with E-state index in [1.54, 1.807) is 0 Å². The minimum absolute atomic E-state index is 0.132. The summed E-state index contributed by atoms with van der Waals surface area (Å²) in [5.41, 5.74) is -0.728. The molecule has 0 amide bonds. The van der Waals surface area contributed by atoms with Gasteiger partial charge in [-0.3, -0.25) is 14.9 Å². The first kappa shape index (κ1) is 8.73. The number of nitrogens with zero attached hydrogens (tertiary/aromatic N) is 1. The highest BCUT2D eigenvalue weighted by Gasteiger charge is 2.10. The third-order valence-electron chi connectivity index (χ3n) is 1.29. The van der Waals surface area contributed by atoms with Crippen molar-refractivity contribution in [3.05, 3.63) is 38.3 Å². The minimum atomic E-state index is -0.739. The van der Waals surface area contributed by atoms with Crippen LogP contribution in [0.1, 0.15) is 5.69 Å². The molecule has 0 saturated carbocycles. The molecule has 12 heavy (non-hydrogen) atoms. The first-order valence-electron chi connectivity index (χ1n) is 3.07. The third kappa shape index (κ3) is 1.62. The van der Waals surface area contributed by atoms with E-state index < -0.39 is 16.2 Å². The molecule has 1 heterocycles. The smallest absolute Gasteiger partial charge is 0.319 e. The fourth-order valence-corrected chi connectivity index (χ4v) is 0.884. The van der Waals surface area contributed by atoms with Crippen molar-refractivity contribution >= 4 is 17.3 Å². The Bertz CT molecular complexity index is 360. The highest BCUT2D eigenvalue weighted by Crippen LogP contribution is 2.04. The summed E-state index contributed by atoms with van der Waals surface area (Å²) in [4.78, 5) is 22.6. The van der Waals surface area contributed by atoms with Gasteiger partial charge < -0.3 is 4.98 Å². The van der Waals surface area contributed by atoms with Gasteiger partial charge in [-0.2, -0.15) is 0 Å². The van der Waals surface area contributed by atoms with E-state index in [9.17, 15) is 14.9 Å². The van der Waals surface area contributed by atoms with E-state index in [2.05, 4.69) is 4.98 Å². The molecule has 0 aromatic carbocycles. The molecule has 0 unspecified atom stereocenters. The Hall–Kier alpha value is -1.36. The van der Waals surface area contributed by atoms with Gasteiger partial charge in [0.05, 0.1) is 10.8 Å². The van der Waals surface area contributed by atoms with Crippen LogP contribution in [0.25, 0.3) is 0 Å². The molecule has 0 atom stereocenters. The van der Waals surface area contributed by atoms with Gasteiger partial charge in [-0.1, -0.05) is 0 Å². The molecule has 0 saturated heterocycles. The summed E-state index contributed by atoms with van der Waals surface area (Å²) in [7, 11) is 0.